The number of amides is 2. The molecule has 0 aromatic heterocycles. The fraction of sp³-hybridized carbons (Fsp3) is 0.529. The second-order valence-corrected chi connectivity index (χ2v) is 5.86. The molecule has 2 rings (SSSR count). The van der Waals surface area contributed by atoms with Gasteiger partial charge in [-0.1, -0.05) is 37.0 Å². The van der Waals surface area contributed by atoms with Crippen molar-refractivity contribution in [2.45, 2.75) is 45.4 Å². The number of benzene rings is 1. The molecule has 1 fully saturated rings. The van der Waals surface area contributed by atoms with Crippen molar-refractivity contribution in [1.29, 1.82) is 0 Å². The van der Waals surface area contributed by atoms with Gasteiger partial charge in [-0.3, -0.25) is 20.4 Å². The third-order valence-electron chi connectivity index (χ3n) is 4.09. The molecule has 5 nitrogen and oxygen atoms in total. The molecule has 0 saturated heterocycles. The van der Waals surface area contributed by atoms with Crippen LogP contribution in [0.3, 0.4) is 0 Å². The number of carbonyl (C=O) groups excluding carboxylic acids is 2. The number of hydrogen-bond acceptors (Lipinski definition) is 3. The van der Waals surface area contributed by atoms with E-state index < -0.39 is 0 Å². The van der Waals surface area contributed by atoms with Crippen LogP contribution in [-0.2, 0) is 16.0 Å². The van der Waals surface area contributed by atoms with Crippen LogP contribution in [0.4, 0.5) is 0 Å². The maximum absolute atomic E-state index is 12.0. The highest BCUT2D eigenvalue weighted by molar-refractivity contribution is 5.84. The molecule has 0 radical (unpaired) electrons. The Labute approximate surface area is 131 Å². The number of rotatable bonds is 4. The van der Waals surface area contributed by atoms with E-state index in [-0.39, 0.29) is 24.2 Å². The lowest BCUT2D eigenvalue weighted by Gasteiger charge is -2.20. The van der Waals surface area contributed by atoms with Crippen molar-refractivity contribution in [3.8, 4) is 5.75 Å². The molecule has 22 heavy (non-hydrogen) atoms. The van der Waals surface area contributed by atoms with Crippen LogP contribution in [0, 0.1) is 12.8 Å². The minimum Gasteiger partial charge on any atom is -0.496 e. The van der Waals surface area contributed by atoms with Crippen LogP contribution >= 0.6 is 0 Å². The molecule has 0 atom stereocenters. The predicted octanol–water partition coefficient (Wildman–Crippen LogP) is 2.27. The van der Waals surface area contributed by atoms with E-state index >= 15 is 0 Å². The van der Waals surface area contributed by atoms with Crippen molar-refractivity contribution in [3.63, 3.8) is 0 Å². The SMILES string of the molecule is COc1ccc(C)cc1CC(=O)NNC(=O)C1CCCCC1. The molecule has 0 unspecified atom stereocenters. The van der Waals surface area contributed by atoms with Crippen LogP contribution in [0.2, 0.25) is 0 Å². The Bertz CT molecular complexity index is 537. The summed E-state index contributed by atoms with van der Waals surface area (Å²) in [6.45, 7) is 1.96. The standard InChI is InChI=1S/C17H24N2O3/c1-12-8-9-15(22-2)14(10-12)11-16(20)18-19-17(21)13-6-4-3-5-7-13/h8-10,13H,3-7,11H2,1-2H3,(H,18,20)(H,19,21). The number of methoxy groups -OCH3 is 1. The van der Waals surface area contributed by atoms with E-state index in [4.69, 9.17) is 4.74 Å². The second-order valence-electron chi connectivity index (χ2n) is 5.86. The van der Waals surface area contributed by atoms with E-state index in [0.717, 1.165) is 36.8 Å². The molecule has 1 aromatic rings. The van der Waals surface area contributed by atoms with Gasteiger partial charge in [0.25, 0.3) is 0 Å². The van der Waals surface area contributed by atoms with Gasteiger partial charge in [0.05, 0.1) is 13.5 Å². The normalized spacial score (nSPS) is 15.2. The molecular formula is C17H24N2O3. The van der Waals surface area contributed by atoms with Gasteiger partial charge in [-0.05, 0) is 25.8 Å². The van der Waals surface area contributed by atoms with Crippen LogP contribution in [0.15, 0.2) is 18.2 Å². The largest absolute Gasteiger partial charge is 0.496 e. The average Bonchev–Trinajstić information content (AvgIpc) is 2.53. The smallest absolute Gasteiger partial charge is 0.242 e. The number of hydrazine groups is 1. The second kappa shape index (κ2) is 7.82. The van der Waals surface area contributed by atoms with E-state index in [0.29, 0.717) is 5.75 Å². The Kier molecular flexibility index (Phi) is 5.81. The first kappa shape index (κ1) is 16.3. The third-order valence-corrected chi connectivity index (χ3v) is 4.09. The highest BCUT2D eigenvalue weighted by Gasteiger charge is 2.21. The predicted molar refractivity (Wildman–Crippen MR) is 84.3 cm³/mol. The Hall–Kier alpha value is -2.04. The zero-order chi connectivity index (χ0) is 15.9. The van der Waals surface area contributed by atoms with Crippen LogP contribution in [0.1, 0.15) is 43.2 Å². The quantitative estimate of drug-likeness (QED) is 0.839. The summed E-state index contributed by atoms with van der Waals surface area (Å²) in [6, 6.07) is 5.70. The zero-order valence-corrected chi connectivity index (χ0v) is 13.3. The first-order chi connectivity index (χ1) is 10.6. The molecule has 0 heterocycles. The number of aryl methyl sites for hydroxylation is 1. The summed E-state index contributed by atoms with van der Waals surface area (Å²) >= 11 is 0. The van der Waals surface area contributed by atoms with E-state index in [1.807, 2.05) is 25.1 Å². The first-order valence-corrected chi connectivity index (χ1v) is 7.82. The summed E-state index contributed by atoms with van der Waals surface area (Å²) in [5, 5.41) is 0. The Morgan fingerprint density at radius 2 is 1.91 bits per heavy atom. The minimum absolute atomic E-state index is 0.0301. The highest BCUT2D eigenvalue weighted by atomic mass is 16.5. The molecule has 1 saturated carbocycles. The van der Waals surface area contributed by atoms with Gasteiger partial charge >= 0.3 is 0 Å². The number of nitrogens with one attached hydrogen (secondary N) is 2. The summed E-state index contributed by atoms with van der Waals surface area (Å²) < 4.78 is 5.25. The molecule has 2 N–H and O–H groups in total. The van der Waals surface area contributed by atoms with Crippen molar-refractivity contribution < 1.29 is 14.3 Å². The molecule has 0 spiro atoms. The summed E-state index contributed by atoms with van der Waals surface area (Å²) in [4.78, 5) is 24.0. The Morgan fingerprint density at radius 1 is 1.18 bits per heavy atom. The molecular weight excluding hydrogens is 280 g/mol. The highest BCUT2D eigenvalue weighted by Crippen LogP contribution is 2.23. The molecule has 1 aromatic carbocycles. The van der Waals surface area contributed by atoms with Crippen molar-refractivity contribution in [2.75, 3.05) is 7.11 Å². The van der Waals surface area contributed by atoms with Crippen LogP contribution < -0.4 is 15.6 Å². The van der Waals surface area contributed by atoms with Gasteiger partial charge in [0.2, 0.25) is 11.8 Å². The topological polar surface area (TPSA) is 67.4 Å². The Morgan fingerprint density at radius 3 is 2.59 bits per heavy atom. The van der Waals surface area contributed by atoms with Gasteiger partial charge in [-0.15, -0.1) is 0 Å². The van der Waals surface area contributed by atoms with Gasteiger partial charge in [-0.25, -0.2) is 0 Å². The van der Waals surface area contributed by atoms with Crippen molar-refractivity contribution >= 4 is 11.8 Å². The lowest BCUT2D eigenvalue weighted by Crippen LogP contribution is -2.45. The van der Waals surface area contributed by atoms with Crippen LogP contribution in [-0.4, -0.2) is 18.9 Å². The minimum atomic E-state index is -0.243. The molecule has 0 bridgehead atoms. The van der Waals surface area contributed by atoms with Crippen molar-refractivity contribution in [2.24, 2.45) is 5.92 Å². The van der Waals surface area contributed by atoms with Gasteiger partial charge in [-0.2, -0.15) is 0 Å². The Balaban J connectivity index is 1.85. The number of ether oxygens (including phenoxy) is 1. The van der Waals surface area contributed by atoms with E-state index in [1.54, 1.807) is 7.11 Å². The molecule has 5 heteroatoms. The van der Waals surface area contributed by atoms with Crippen molar-refractivity contribution in [1.82, 2.24) is 10.9 Å². The number of carbonyl (C=O) groups is 2. The zero-order valence-electron chi connectivity index (χ0n) is 13.3. The summed E-state index contributed by atoms with van der Waals surface area (Å²) in [7, 11) is 1.58. The lowest BCUT2D eigenvalue weighted by atomic mass is 9.89. The molecule has 2 amide bonds. The van der Waals surface area contributed by atoms with Gasteiger partial charge in [0.15, 0.2) is 0 Å². The maximum Gasteiger partial charge on any atom is 0.242 e. The monoisotopic (exact) mass is 304 g/mol. The summed E-state index contributed by atoms with van der Waals surface area (Å²) in [6.07, 6.45) is 5.37. The fourth-order valence-electron chi connectivity index (χ4n) is 2.86. The fourth-order valence-corrected chi connectivity index (χ4v) is 2.86. The molecule has 120 valence electrons. The number of hydrogen-bond donors (Lipinski definition) is 2. The molecule has 0 aliphatic heterocycles. The summed E-state index contributed by atoms with van der Waals surface area (Å²) in [5.74, 6) is 0.388. The average molecular weight is 304 g/mol. The van der Waals surface area contributed by atoms with Crippen LogP contribution in [0.5, 0.6) is 5.75 Å². The van der Waals surface area contributed by atoms with E-state index in [9.17, 15) is 9.59 Å². The van der Waals surface area contributed by atoms with Gasteiger partial charge < -0.3 is 4.74 Å². The molecule has 1 aliphatic rings. The van der Waals surface area contributed by atoms with Crippen LogP contribution in [0.25, 0.3) is 0 Å². The van der Waals surface area contributed by atoms with E-state index in [1.165, 1.54) is 6.42 Å². The van der Waals surface area contributed by atoms with Gasteiger partial charge in [0, 0.05) is 11.5 Å². The maximum atomic E-state index is 12.0. The van der Waals surface area contributed by atoms with Gasteiger partial charge in [0.1, 0.15) is 5.75 Å². The van der Waals surface area contributed by atoms with E-state index in [2.05, 4.69) is 10.9 Å². The van der Waals surface area contributed by atoms with Crippen molar-refractivity contribution in [3.05, 3.63) is 29.3 Å². The summed E-state index contributed by atoms with van der Waals surface area (Å²) in [5.41, 5.74) is 6.93. The first-order valence-electron chi connectivity index (χ1n) is 7.82. The lowest BCUT2D eigenvalue weighted by molar-refractivity contribution is -0.131. The molecule has 1 aliphatic carbocycles. The third kappa shape index (κ3) is 4.48.